The Balaban J connectivity index is 2.05. The number of hydrogen-bond acceptors (Lipinski definition) is 3. The third-order valence-corrected chi connectivity index (χ3v) is 3.86. The van der Waals surface area contributed by atoms with E-state index in [2.05, 4.69) is 0 Å². The van der Waals surface area contributed by atoms with Crippen LogP contribution in [0.1, 0.15) is 32.1 Å². The van der Waals surface area contributed by atoms with Crippen LogP contribution in [-0.2, 0) is 9.59 Å². The van der Waals surface area contributed by atoms with Crippen molar-refractivity contribution >= 4 is 17.9 Å². The van der Waals surface area contributed by atoms with Gasteiger partial charge in [-0.25, -0.2) is 4.79 Å². The Bertz CT molecular complexity index is 398. The van der Waals surface area contributed by atoms with Gasteiger partial charge in [-0.05, 0) is 25.7 Å². The average molecular weight is 269 g/mol. The van der Waals surface area contributed by atoms with Crippen molar-refractivity contribution in [2.45, 2.75) is 44.2 Å². The highest BCUT2D eigenvalue weighted by Crippen LogP contribution is 2.25. The largest absolute Gasteiger partial charge is 0.481 e. The second-order valence-electron chi connectivity index (χ2n) is 5.12. The van der Waals surface area contributed by atoms with Crippen molar-refractivity contribution in [3.63, 3.8) is 0 Å². The van der Waals surface area contributed by atoms with Crippen LogP contribution in [0.25, 0.3) is 0 Å². The van der Waals surface area contributed by atoms with E-state index >= 15 is 0 Å². The summed E-state index contributed by atoms with van der Waals surface area (Å²) in [5, 5.41) is 8.85. The number of nitrogens with zero attached hydrogens (tertiary/aromatic N) is 2. The van der Waals surface area contributed by atoms with Gasteiger partial charge in [0.25, 0.3) is 0 Å². The second-order valence-corrected chi connectivity index (χ2v) is 5.12. The van der Waals surface area contributed by atoms with Crippen LogP contribution in [0.4, 0.5) is 4.79 Å². The van der Waals surface area contributed by atoms with Gasteiger partial charge in [0.2, 0.25) is 5.91 Å². The third-order valence-electron chi connectivity index (χ3n) is 3.86. The lowest BCUT2D eigenvalue weighted by Gasteiger charge is -2.31. The van der Waals surface area contributed by atoms with Gasteiger partial charge in [0, 0.05) is 19.1 Å². The summed E-state index contributed by atoms with van der Waals surface area (Å²) < 4.78 is 0. The maximum atomic E-state index is 12.4. The lowest BCUT2D eigenvalue weighted by atomic mass is 10.1. The first-order valence-corrected chi connectivity index (χ1v) is 6.59. The van der Waals surface area contributed by atoms with Crippen LogP contribution in [-0.4, -0.2) is 58.0 Å². The molecule has 19 heavy (non-hydrogen) atoms. The molecule has 2 rings (SSSR count). The van der Waals surface area contributed by atoms with E-state index in [1.807, 2.05) is 0 Å². The minimum Gasteiger partial charge on any atom is -0.481 e. The van der Waals surface area contributed by atoms with Crippen LogP contribution >= 0.6 is 0 Å². The minimum atomic E-state index is -0.905. The maximum Gasteiger partial charge on any atom is 0.320 e. The minimum absolute atomic E-state index is 0.0409. The molecule has 3 amide bonds. The van der Waals surface area contributed by atoms with Gasteiger partial charge >= 0.3 is 12.0 Å². The van der Waals surface area contributed by atoms with E-state index in [1.165, 1.54) is 4.90 Å². The van der Waals surface area contributed by atoms with Gasteiger partial charge in [-0.2, -0.15) is 0 Å². The summed E-state index contributed by atoms with van der Waals surface area (Å²) in [4.78, 5) is 37.6. The number of nitrogens with two attached hydrogens (primary N) is 1. The fourth-order valence-corrected chi connectivity index (χ4v) is 2.96. The van der Waals surface area contributed by atoms with Gasteiger partial charge in [-0.1, -0.05) is 0 Å². The monoisotopic (exact) mass is 269 g/mol. The van der Waals surface area contributed by atoms with E-state index in [0.29, 0.717) is 25.9 Å². The summed E-state index contributed by atoms with van der Waals surface area (Å²) in [5.74, 6) is -1.39. The molecule has 7 heteroatoms. The summed E-state index contributed by atoms with van der Waals surface area (Å²) >= 11 is 0. The molecule has 2 heterocycles. The first-order chi connectivity index (χ1) is 9.00. The van der Waals surface area contributed by atoms with Gasteiger partial charge in [0.1, 0.15) is 6.04 Å². The Labute approximate surface area is 111 Å². The summed E-state index contributed by atoms with van der Waals surface area (Å²) in [7, 11) is 0. The molecule has 0 aromatic heterocycles. The Hall–Kier alpha value is -1.79. The molecule has 0 aromatic rings. The number of aliphatic carboxylic acids is 1. The highest BCUT2D eigenvalue weighted by molar-refractivity contribution is 5.87. The van der Waals surface area contributed by atoms with Crippen molar-refractivity contribution in [2.75, 3.05) is 13.1 Å². The van der Waals surface area contributed by atoms with E-state index in [9.17, 15) is 14.4 Å². The van der Waals surface area contributed by atoms with Crippen molar-refractivity contribution in [3.8, 4) is 0 Å². The summed E-state index contributed by atoms with van der Waals surface area (Å²) in [6.07, 6.45) is 2.82. The van der Waals surface area contributed by atoms with Crippen molar-refractivity contribution in [1.29, 1.82) is 0 Å². The molecule has 2 atom stereocenters. The Morgan fingerprint density at radius 1 is 1.11 bits per heavy atom. The summed E-state index contributed by atoms with van der Waals surface area (Å²) in [5.41, 5.74) is 5.29. The van der Waals surface area contributed by atoms with E-state index < -0.39 is 17.9 Å². The molecule has 3 N–H and O–H groups in total. The quantitative estimate of drug-likeness (QED) is 0.752. The standard InChI is InChI=1S/C12H19N3O4/c13-11(18)9-4-2-6-15(9)12(19)14-5-1-3-8(14)7-10(16)17/h8-9H,1-7H2,(H2,13,18)(H,16,17). The molecule has 2 saturated heterocycles. The molecule has 0 spiro atoms. The summed E-state index contributed by atoms with van der Waals surface area (Å²) in [6.45, 7) is 1.07. The average Bonchev–Trinajstić information content (AvgIpc) is 2.94. The Kier molecular flexibility index (Phi) is 3.92. The van der Waals surface area contributed by atoms with Gasteiger partial charge in [-0.15, -0.1) is 0 Å². The molecular weight excluding hydrogens is 250 g/mol. The number of carboxylic acids is 1. The first-order valence-electron chi connectivity index (χ1n) is 6.59. The van der Waals surface area contributed by atoms with Crippen molar-refractivity contribution in [1.82, 2.24) is 9.80 Å². The van der Waals surface area contributed by atoms with Crippen LogP contribution in [0, 0.1) is 0 Å². The lowest BCUT2D eigenvalue weighted by molar-refractivity contribution is -0.138. The third kappa shape index (κ3) is 2.80. The zero-order valence-electron chi connectivity index (χ0n) is 10.7. The number of carbonyl (C=O) groups is 3. The molecule has 106 valence electrons. The SMILES string of the molecule is NC(=O)C1CCCN1C(=O)N1CCCC1CC(=O)O. The molecule has 0 aromatic carbocycles. The number of rotatable bonds is 3. The Morgan fingerprint density at radius 3 is 2.37 bits per heavy atom. The van der Waals surface area contributed by atoms with Crippen molar-refractivity contribution < 1.29 is 19.5 Å². The van der Waals surface area contributed by atoms with Crippen LogP contribution in [0.15, 0.2) is 0 Å². The predicted molar refractivity (Wildman–Crippen MR) is 66.3 cm³/mol. The van der Waals surface area contributed by atoms with Crippen LogP contribution in [0.5, 0.6) is 0 Å². The highest BCUT2D eigenvalue weighted by atomic mass is 16.4. The van der Waals surface area contributed by atoms with E-state index in [4.69, 9.17) is 10.8 Å². The van der Waals surface area contributed by atoms with Gasteiger partial charge in [0.15, 0.2) is 0 Å². The van der Waals surface area contributed by atoms with E-state index in [-0.39, 0.29) is 18.5 Å². The second kappa shape index (κ2) is 5.46. The normalized spacial score (nSPS) is 26.7. The number of carboxylic acid groups (broad SMARTS) is 1. The molecule has 0 radical (unpaired) electrons. The van der Waals surface area contributed by atoms with Gasteiger partial charge in [0.05, 0.1) is 6.42 Å². The number of carbonyl (C=O) groups excluding carboxylic acids is 2. The zero-order valence-corrected chi connectivity index (χ0v) is 10.7. The van der Waals surface area contributed by atoms with Crippen LogP contribution in [0.2, 0.25) is 0 Å². The number of urea groups is 1. The highest BCUT2D eigenvalue weighted by Gasteiger charge is 2.39. The first kappa shape index (κ1) is 13.6. The molecule has 0 bridgehead atoms. The molecule has 7 nitrogen and oxygen atoms in total. The predicted octanol–water partition coefficient (Wildman–Crippen LogP) is -0.00480. The van der Waals surface area contributed by atoms with Crippen LogP contribution < -0.4 is 5.73 Å². The van der Waals surface area contributed by atoms with Gasteiger partial charge < -0.3 is 20.6 Å². The molecule has 2 fully saturated rings. The van der Waals surface area contributed by atoms with E-state index in [1.54, 1.807) is 4.90 Å². The number of likely N-dealkylation sites (tertiary alicyclic amines) is 2. The fourth-order valence-electron chi connectivity index (χ4n) is 2.96. The molecule has 0 saturated carbocycles. The topological polar surface area (TPSA) is 104 Å². The van der Waals surface area contributed by atoms with Crippen molar-refractivity contribution in [2.24, 2.45) is 5.73 Å². The number of amides is 3. The maximum absolute atomic E-state index is 12.4. The number of hydrogen-bond donors (Lipinski definition) is 2. The van der Waals surface area contributed by atoms with Crippen molar-refractivity contribution in [3.05, 3.63) is 0 Å². The molecule has 2 aliphatic rings. The summed E-state index contributed by atoms with van der Waals surface area (Å²) in [6, 6.07) is -1.05. The molecule has 2 aliphatic heterocycles. The lowest BCUT2D eigenvalue weighted by Crippen LogP contribution is -2.51. The van der Waals surface area contributed by atoms with Gasteiger partial charge in [-0.3, -0.25) is 9.59 Å². The zero-order chi connectivity index (χ0) is 14.0. The number of primary amides is 1. The molecule has 2 unspecified atom stereocenters. The molecule has 0 aliphatic carbocycles. The van der Waals surface area contributed by atoms with Crippen LogP contribution in [0.3, 0.4) is 0 Å². The van der Waals surface area contributed by atoms with E-state index in [0.717, 1.165) is 12.8 Å². The smallest absolute Gasteiger partial charge is 0.320 e. The fraction of sp³-hybridized carbons (Fsp3) is 0.750. The Morgan fingerprint density at radius 2 is 1.74 bits per heavy atom. The molecular formula is C12H19N3O4.